The molecule has 0 amide bonds. The van der Waals surface area contributed by atoms with Crippen molar-refractivity contribution in [2.75, 3.05) is 6.61 Å². The quantitative estimate of drug-likeness (QED) is 0.434. The summed E-state index contributed by atoms with van der Waals surface area (Å²) in [6.45, 7) is 2.68. The fourth-order valence-electron chi connectivity index (χ4n) is 1.48. The minimum absolute atomic E-state index is 0.274. The summed E-state index contributed by atoms with van der Waals surface area (Å²) in [5.41, 5.74) is 0.542. The van der Waals surface area contributed by atoms with Crippen molar-refractivity contribution in [3.8, 4) is 0 Å². The zero-order chi connectivity index (χ0) is 12.5. The first-order valence-corrected chi connectivity index (χ1v) is 6.82. The largest absolute Gasteiger partial charge is 0.462 e. The van der Waals surface area contributed by atoms with Crippen LogP contribution in [-0.2, 0) is 4.74 Å². The average molecular weight is 300 g/mol. The molecule has 0 aromatic carbocycles. The van der Waals surface area contributed by atoms with Gasteiger partial charge in [0, 0.05) is 6.20 Å². The zero-order valence-corrected chi connectivity index (χ0v) is 11.7. The fraction of sp³-hybridized carbons (Fsp3) is 0.538. The first-order valence-electron chi connectivity index (χ1n) is 6.02. The van der Waals surface area contributed by atoms with E-state index in [-0.39, 0.29) is 5.97 Å². The molecule has 0 saturated carbocycles. The lowest BCUT2D eigenvalue weighted by molar-refractivity contribution is 0.0497. The lowest BCUT2D eigenvalue weighted by atomic mass is 10.2. The highest BCUT2D eigenvalue weighted by atomic mass is 79.9. The standard InChI is InChI=1S/C13H18BrNO2/c1-2-3-4-5-6-9-17-13(16)11-7-8-15-12(14)10-11/h7-8,10H,2-6,9H2,1H3. The molecule has 1 heterocycles. The van der Waals surface area contributed by atoms with Crippen LogP contribution < -0.4 is 0 Å². The van der Waals surface area contributed by atoms with Crippen LogP contribution in [0.4, 0.5) is 0 Å². The van der Waals surface area contributed by atoms with E-state index >= 15 is 0 Å². The number of nitrogens with zero attached hydrogens (tertiary/aromatic N) is 1. The molecule has 0 radical (unpaired) electrons. The lowest BCUT2D eigenvalue weighted by Crippen LogP contribution is -2.06. The third kappa shape index (κ3) is 5.82. The molecule has 0 atom stereocenters. The van der Waals surface area contributed by atoms with Crippen molar-refractivity contribution < 1.29 is 9.53 Å². The van der Waals surface area contributed by atoms with Gasteiger partial charge in [-0.1, -0.05) is 32.6 Å². The van der Waals surface area contributed by atoms with Gasteiger partial charge in [-0.3, -0.25) is 0 Å². The molecule has 1 aromatic rings. The van der Waals surface area contributed by atoms with Gasteiger partial charge in [0.05, 0.1) is 12.2 Å². The molecule has 0 aliphatic rings. The minimum Gasteiger partial charge on any atom is -0.462 e. The molecule has 0 unspecified atom stereocenters. The van der Waals surface area contributed by atoms with E-state index in [1.165, 1.54) is 19.3 Å². The van der Waals surface area contributed by atoms with Crippen molar-refractivity contribution >= 4 is 21.9 Å². The maximum atomic E-state index is 11.6. The number of rotatable bonds is 7. The van der Waals surface area contributed by atoms with Crippen molar-refractivity contribution in [2.24, 2.45) is 0 Å². The van der Waals surface area contributed by atoms with E-state index in [4.69, 9.17) is 4.74 Å². The number of esters is 1. The predicted molar refractivity (Wildman–Crippen MR) is 71.0 cm³/mol. The second-order valence-electron chi connectivity index (χ2n) is 3.92. The highest BCUT2D eigenvalue weighted by Crippen LogP contribution is 2.10. The number of hydrogen-bond donors (Lipinski definition) is 0. The van der Waals surface area contributed by atoms with Gasteiger partial charge >= 0.3 is 5.97 Å². The summed E-state index contributed by atoms with van der Waals surface area (Å²) < 4.78 is 5.82. The molecule has 1 rings (SSSR count). The topological polar surface area (TPSA) is 39.2 Å². The Bertz CT molecular complexity index is 355. The molecule has 17 heavy (non-hydrogen) atoms. The number of unbranched alkanes of at least 4 members (excludes halogenated alkanes) is 4. The molecule has 0 aliphatic heterocycles. The van der Waals surface area contributed by atoms with E-state index in [0.717, 1.165) is 12.8 Å². The van der Waals surface area contributed by atoms with Crippen LogP contribution in [0.5, 0.6) is 0 Å². The summed E-state index contributed by atoms with van der Waals surface area (Å²) in [7, 11) is 0. The van der Waals surface area contributed by atoms with Crippen molar-refractivity contribution in [3.63, 3.8) is 0 Å². The Kier molecular flexibility index (Phi) is 6.86. The molecule has 0 spiro atoms. The second-order valence-corrected chi connectivity index (χ2v) is 4.73. The van der Waals surface area contributed by atoms with E-state index in [1.807, 2.05) is 0 Å². The highest BCUT2D eigenvalue weighted by Gasteiger charge is 2.06. The second kappa shape index (κ2) is 8.23. The van der Waals surface area contributed by atoms with Crippen LogP contribution >= 0.6 is 15.9 Å². The third-order valence-corrected chi connectivity index (χ3v) is 2.88. The monoisotopic (exact) mass is 299 g/mol. The van der Waals surface area contributed by atoms with Crippen LogP contribution in [0, 0.1) is 0 Å². The van der Waals surface area contributed by atoms with E-state index in [2.05, 4.69) is 27.8 Å². The van der Waals surface area contributed by atoms with Crippen LogP contribution in [0.3, 0.4) is 0 Å². The Morgan fingerprint density at radius 2 is 2.12 bits per heavy atom. The smallest absolute Gasteiger partial charge is 0.338 e. The van der Waals surface area contributed by atoms with Crippen LogP contribution in [0.2, 0.25) is 0 Å². The number of aromatic nitrogens is 1. The first kappa shape index (κ1) is 14.2. The molecule has 1 aromatic heterocycles. The van der Waals surface area contributed by atoms with E-state index in [0.29, 0.717) is 16.8 Å². The molecule has 0 fully saturated rings. The summed E-state index contributed by atoms with van der Waals surface area (Å²) in [6, 6.07) is 3.32. The van der Waals surface area contributed by atoms with Crippen molar-refractivity contribution in [1.29, 1.82) is 0 Å². The van der Waals surface area contributed by atoms with Crippen molar-refractivity contribution in [3.05, 3.63) is 28.5 Å². The average Bonchev–Trinajstić information content (AvgIpc) is 2.33. The Hall–Kier alpha value is -0.900. The van der Waals surface area contributed by atoms with Gasteiger partial charge in [-0.2, -0.15) is 0 Å². The summed E-state index contributed by atoms with van der Waals surface area (Å²) >= 11 is 3.22. The van der Waals surface area contributed by atoms with Crippen molar-refractivity contribution in [2.45, 2.75) is 39.0 Å². The third-order valence-electron chi connectivity index (χ3n) is 2.44. The molecular formula is C13H18BrNO2. The highest BCUT2D eigenvalue weighted by molar-refractivity contribution is 9.10. The molecule has 0 aliphatic carbocycles. The van der Waals surface area contributed by atoms with Gasteiger partial charge in [0.2, 0.25) is 0 Å². The number of pyridine rings is 1. The summed E-state index contributed by atoms with van der Waals surface area (Å²) in [4.78, 5) is 15.6. The molecule has 0 bridgehead atoms. The number of halogens is 1. The predicted octanol–water partition coefficient (Wildman–Crippen LogP) is 3.97. The van der Waals surface area contributed by atoms with Crippen LogP contribution in [0.15, 0.2) is 22.9 Å². The number of carbonyl (C=O) groups is 1. The van der Waals surface area contributed by atoms with Gasteiger partial charge in [0.15, 0.2) is 0 Å². The molecule has 4 heteroatoms. The molecule has 3 nitrogen and oxygen atoms in total. The van der Waals surface area contributed by atoms with Gasteiger partial charge in [-0.25, -0.2) is 9.78 Å². The molecule has 0 N–H and O–H groups in total. The summed E-state index contributed by atoms with van der Waals surface area (Å²) in [5.74, 6) is -0.274. The van der Waals surface area contributed by atoms with Crippen LogP contribution in [0.25, 0.3) is 0 Å². The molecule has 0 saturated heterocycles. The van der Waals surface area contributed by atoms with Gasteiger partial charge in [-0.15, -0.1) is 0 Å². The van der Waals surface area contributed by atoms with Crippen LogP contribution in [-0.4, -0.2) is 17.6 Å². The van der Waals surface area contributed by atoms with Gasteiger partial charge in [0.25, 0.3) is 0 Å². The van der Waals surface area contributed by atoms with Crippen molar-refractivity contribution in [1.82, 2.24) is 4.98 Å². The Labute approximate surface area is 111 Å². The van der Waals surface area contributed by atoms with E-state index < -0.39 is 0 Å². The number of hydrogen-bond acceptors (Lipinski definition) is 3. The maximum Gasteiger partial charge on any atom is 0.338 e. The van der Waals surface area contributed by atoms with E-state index in [1.54, 1.807) is 18.3 Å². The minimum atomic E-state index is -0.274. The zero-order valence-electron chi connectivity index (χ0n) is 10.1. The maximum absolute atomic E-state index is 11.6. The Balaban J connectivity index is 2.21. The molecular weight excluding hydrogens is 282 g/mol. The van der Waals surface area contributed by atoms with Gasteiger partial charge < -0.3 is 4.74 Å². The summed E-state index contributed by atoms with van der Waals surface area (Å²) in [5, 5.41) is 0. The first-order chi connectivity index (χ1) is 8.24. The Morgan fingerprint density at radius 3 is 2.82 bits per heavy atom. The van der Waals surface area contributed by atoms with Gasteiger partial charge in [0.1, 0.15) is 4.60 Å². The summed E-state index contributed by atoms with van der Waals surface area (Å²) in [6.07, 6.45) is 7.35. The lowest BCUT2D eigenvalue weighted by Gasteiger charge is -2.04. The Morgan fingerprint density at radius 1 is 1.35 bits per heavy atom. The number of ether oxygens (including phenoxy) is 1. The van der Waals surface area contributed by atoms with Gasteiger partial charge in [-0.05, 0) is 34.5 Å². The molecule has 94 valence electrons. The van der Waals surface area contributed by atoms with Crippen LogP contribution in [0.1, 0.15) is 49.4 Å². The SMILES string of the molecule is CCCCCCCOC(=O)c1ccnc(Br)c1. The fourth-order valence-corrected chi connectivity index (χ4v) is 1.85. The number of carbonyl (C=O) groups excluding carboxylic acids is 1. The van der Waals surface area contributed by atoms with E-state index in [9.17, 15) is 4.79 Å². The normalized spacial score (nSPS) is 10.2.